The number of rotatable bonds is 1. The number of H-pyrrole nitrogens is 1. The maximum Gasteiger partial charge on any atom is 0.331 e. The Hall–Kier alpha value is -2.56. The SMILES string of the molecule is Nc1ccc(-n2c(=O)[nH]c3ccccc32)cc1F. The summed E-state index contributed by atoms with van der Waals surface area (Å²) in [6, 6.07) is 11.5. The Morgan fingerprint density at radius 2 is 1.94 bits per heavy atom. The van der Waals surface area contributed by atoms with Crippen molar-refractivity contribution in [2.24, 2.45) is 0 Å². The third-order valence-corrected chi connectivity index (χ3v) is 2.83. The monoisotopic (exact) mass is 243 g/mol. The molecule has 0 bridgehead atoms. The Balaban J connectivity index is 2.34. The van der Waals surface area contributed by atoms with Crippen molar-refractivity contribution in [1.29, 1.82) is 0 Å². The fourth-order valence-electron chi connectivity index (χ4n) is 1.97. The molecule has 0 aliphatic rings. The molecular formula is C13H10FN3O. The molecule has 4 nitrogen and oxygen atoms in total. The van der Waals surface area contributed by atoms with Gasteiger partial charge in [-0.2, -0.15) is 0 Å². The van der Waals surface area contributed by atoms with Crippen molar-refractivity contribution >= 4 is 16.7 Å². The summed E-state index contributed by atoms with van der Waals surface area (Å²) in [5, 5.41) is 0. The summed E-state index contributed by atoms with van der Waals surface area (Å²) in [6.45, 7) is 0. The standard InChI is InChI=1S/C13H10FN3O/c14-9-7-8(5-6-10(9)15)17-12-4-2-1-3-11(12)16-13(17)18/h1-7H,15H2,(H,16,18). The van der Waals surface area contributed by atoms with Gasteiger partial charge in [0.15, 0.2) is 0 Å². The van der Waals surface area contributed by atoms with Gasteiger partial charge in [0.1, 0.15) is 5.82 Å². The van der Waals surface area contributed by atoms with Gasteiger partial charge in [-0.3, -0.25) is 4.57 Å². The number of hydrogen-bond acceptors (Lipinski definition) is 2. The minimum atomic E-state index is -0.537. The molecule has 0 spiro atoms. The van der Waals surface area contributed by atoms with Crippen molar-refractivity contribution in [3.63, 3.8) is 0 Å². The number of nitrogens with zero attached hydrogens (tertiary/aromatic N) is 1. The van der Waals surface area contributed by atoms with Gasteiger partial charge in [-0.25, -0.2) is 9.18 Å². The van der Waals surface area contributed by atoms with Crippen LogP contribution in [0.25, 0.3) is 16.7 Å². The highest BCUT2D eigenvalue weighted by Gasteiger charge is 2.09. The first-order valence-corrected chi connectivity index (χ1v) is 5.42. The molecule has 3 N–H and O–H groups in total. The average Bonchev–Trinajstić information content (AvgIpc) is 2.69. The molecule has 1 heterocycles. The zero-order valence-electron chi connectivity index (χ0n) is 9.35. The van der Waals surface area contributed by atoms with E-state index in [9.17, 15) is 9.18 Å². The van der Waals surface area contributed by atoms with E-state index in [1.165, 1.54) is 16.7 Å². The number of imidazole rings is 1. The van der Waals surface area contributed by atoms with Crippen LogP contribution in [0.4, 0.5) is 10.1 Å². The minimum Gasteiger partial charge on any atom is -0.396 e. The molecule has 18 heavy (non-hydrogen) atoms. The molecule has 3 aromatic rings. The molecule has 1 aromatic heterocycles. The van der Waals surface area contributed by atoms with E-state index >= 15 is 0 Å². The number of nitrogens with one attached hydrogen (secondary N) is 1. The first kappa shape index (κ1) is 10.6. The Kier molecular flexibility index (Phi) is 2.19. The molecule has 0 amide bonds. The maximum absolute atomic E-state index is 13.5. The van der Waals surface area contributed by atoms with Gasteiger partial charge in [-0.1, -0.05) is 12.1 Å². The molecule has 2 aromatic carbocycles. The maximum atomic E-state index is 13.5. The van der Waals surface area contributed by atoms with Gasteiger partial charge < -0.3 is 10.7 Å². The van der Waals surface area contributed by atoms with Crippen LogP contribution in [-0.4, -0.2) is 9.55 Å². The molecule has 90 valence electrons. The summed E-state index contributed by atoms with van der Waals surface area (Å²) in [6.07, 6.45) is 0. The lowest BCUT2D eigenvalue weighted by Crippen LogP contribution is -2.14. The Morgan fingerprint density at radius 3 is 2.72 bits per heavy atom. The third-order valence-electron chi connectivity index (χ3n) is 2.83. The van der Waals surface area contributed by atoms with E-state index in [2.05, 4.69) is 4.98 Å². The van der Waals surface area contributed by atoms with Gasteiger partial charge in [-0.05, 0) is 24.3 Å². The van der Waals surface area contributed by atoms with Crippen molar-refractivity contribution in [2.45, 2.75) is 0 Å². The van der Waals surface area contributed by atoms with Gasteiger partial charge in [0.2, 0.25) is 0 Å². The van der Waals surface area contributed by atoms with Gasteiger partial charge in [0.25, 0.3) is 0 Å². The van der Waals surface area contributed by atoms with E-state index in [1.807, 2.05) is 12.1 Å². The first-order chi connectivity index (χ1) is 8.66. The second-order valence-corrected chi connectivity index (χ2v) is 3.99. The van der Waals surface area contributed by atoms with Crippen LogP contribution < -0.4 is 11.4 Å². The van der Waals surface area contributed by atoms with Crippen molar-refractivity contribution in [3.05, 3.63) is 58.8 Å². The Labute approximate surface area is 101 Å². The third kappa shape index (κ3) is 1.48. The average molecular weight is 243 g/mol. The summed E-state index contributed by atoms with van der Waals surface area (Å²) in [5.74, 6) is -0.537. The summed E-state index contributed by atoms with van der Waals surface area (Å²) in [5.41, 5.74) is 7.04. The van der Waals surface area contributed by atoms with E-state index in [0.29, 0.717) is 16.7 Å². The number of para-hydroxylation sites is 2. The van der Waals surface area contributed by atoms with E-state index in [-0.39, 0.29) is 11.4 Å². The molecule has 0 aliphatic heterocycles. The Bertz CT molecular complexity index is 788. The van der Waals surface area contributed by atoms with Crippen LogP contribution in [0.2, 0.25) is 0 Å². The zero-order chi connectivity index (χ0) is 12.7. The molecule has 5 heteroatoms. The lowest BCUT2D eigenvalue weighted by molar-refractivity contribution is 0.631. The van der Waals surface area contributed by atoms with Crippen LogP contribution in [-0.2, 0) is 0 Å². The highest BCUT2D eigenvalue weighted by Crippen LogP contribution is 2.18. The van der Waals surface area contributed by atoms with Crippen LogP contribution in [0.5, 0.6) is 0 Å². The zero-order valence-corrected chi connectivity index (χ0v) is 9.35. The largest absolute Gasteiger partial charge is 0.396 e. The number of aromatic nitrogens is 2. The molecular weight excluding hydrogens is 233 g/mol. The second-order valence-electron chi connectivity index (χ2n) is 3.99. The van der Waals surface area contributed by atoms with Crippen molar-refractivity contribution in [2.75, 3.05) is 5.73 Å². The summed E-state index contributed by atoms with van der Waals surface area (Å²) in [7, 11) is 0. The van der Waals surface area contributed by atoms with Crippen LogP contribution >= 0.6 is 0 Å². The highest BCUT2D eigenvalue weighted by molar-refractivity contribution is 5.77. The number of halogens is 1. The highest BCUT2D eigenvalue weighted by atomic mass is 19.1. The Morgan fingerprint density at radius 1 is 1.17 bits per heavy atom. The molecule has 0 saturated heterocycles. The van der Waals surface area contributed by atoms with Crippen molar-refractivity contribution in [3.8, 4) is 5.69 Å². The molecule has 0 saturated carbocycles. The molecule has 0 atom stereocenters. The van der Waals surface area contributed by atoms with Gasteiger partial charge in [0, 0.05) is 6.07 Å². The van der Waals surface area contributed by atoms with Gasteiger partial charge in [-0.15, -0.1) is 0 Å². The number of anilines is 1. The number of benzene rings is 2. The van der Waals surface area contributed by atoms with Crippen molar-refractivity contribution in [1.82, 2.24) is 9.55 Å². The van der Waals surface area contributed by atoms with Gasteiger partial charge in [0.05, 0.1) is 22.4 Å². The number of aromatic amines is 1. The predicted molar refractivity (Wildman–Crippen MR) is 68.3 cm³/mol. The summed E-state index contributed by atoms with van der Waals surface area (Å²) in [4.78, 5) is 14.6. The molecule has 0 fully saturated rings. The first-order valence-electron chi connectivity index (χ1n) is 5.42. The van der Waals surface area contributed by atoms with Crippen LogP contribution in [0.15, 0.2) is 47.3 Å². The molecule has 3 rings (SSSR count). The molecule has 0 unspecified atom stereocenters. The number of nitrogen functional groups attached to an aromatic ring is 1. The lowest BCUT2D eigenvalue weighted by Gasteiger charge is -2.04. The predicted octanol–water partition coefficient (Wildman–Crippen LogP) is 2.04. The minimum absolute atomic E-state index is 0.0617. The van der Waals surface area contributed by atoms with Crippen LogP contribution in [0.1, 0.15) is 0 Å². The van der Waals surface area contributed by atoms with E-state index < -0.39 is 5.82 Å². The number of nitrogens with two attached hydrogens (primary N) is 1. The quantitative estimate of drug-likeness (QED) is 0.642. The topological polar surface area (TPSA) is 63.8 Å². The van der Waals surface area contributed by atoms with E-state index in [1.54, 1.807) is 18.2 Å². The van der Waals surface area contributed by atoms with Crippen LogP contribution in [0.3, 0.4) is 0 Å². The van der Waals surface area contributed by atoms with E-state index in [4.69, 9.17) is 5.73 Å². The van der Waals surface area contributed by atoms with E-state index in [0.717, 1.165) is 0 Å². The normalized spacial score (nSPS) is 10.9. The lowest BCUT2D eigenvalue weighted by atomic mass is 10.2. The van der Waals surface area contributed by atoms with Crippen LogP contribution in [0, 0.1) is 5.82 Å². The molecule has 0 radical (unpaired) electrons. The fraction of sp³-hybridized carbons (Fsp3) is 0. The number of fused-ring (bicyclic) bond motifs is 1. The van der Waals surface area contributed by atoms with Gasteiger partial charge >= 0.3 is 5.69 Å². The summed E-state index contributed by atoms with van der Waals surface area (Å²) < 4.78 is 14.9. The fourth-order valence-corrected chi connectivity index (χ4v) is 1.97. The molecule has 0 aliphatic carbocycles. The second kappa shape index (κ2) is 3.73. The summed E-state index contributed by atoms with van der Waals surface area (Å²) >= 11 is 0. The number of hydrogen-bond donors (Lipinski definition) is 2. The smallest absolute Gasteiger partial charge is 0.331 e. The van der Waals surface area contributed by atoms with Crippen molar-refractivity contribution < 1.29 is 4.39 Å².